The predicted octanol–water partition coefficient (Wildman–Crippen LogP) is 1.03. The summed E-state index contributed by atoms with van der Waals surface area (Å²) in [5.41, 5.74) is 0. The predicted molar refractivity (Wildman–Crippen MR) is 54.2 cm³/mol. The molecule has 1 aliphatic carbocycles. The molecule has 0 heterocycles. The van der Waals surface area contributed by atoms with Crippen LogP contribution in [0, 0.1) is 5.92 Å². The molecule has 1 atom stereocenters. The van der Waals surface area contributed by atoms with Crippen LogP contribution in [-0.2, 0) is 14.8 Å². The maximum absolute atomic E-state index is 11.4. The third-order valence-electron chi connectivity index (χ3n) is 2.38. The molecule has 1 fully saturated rings. The number of carbonyl (C=O) groups excluding carboxylic acids is 1. The van der Waals surface area contributed by atoms with Gasteiger partial charge < -0.3 is 0 Å². The molecule has 1 saturated carbocycles. The summed E-state index contributed by atoms with van der Waals surface area (Å²) in [4.78, 5) is 11.4. The topological polar surface area (TPSA) is 63.2 Å². The van der Waals surface area contributed by atoms with Crippen molar-refractivity contribution >= 4 is 15.9 Å². The Labute approximate surface area is 85.1 Å². The van der Waals surface area contributed by atoms with Gasteiger partial charge in [-0.25, -0.2) is 8.42 Å². The second-order valence-corrected chi connectivity index (χ2v) is 5.86. The van der Waals surface area contributed by atoms with Crippen LogP contribution in [0.5, 0.6) is 0 Å². The van der Waals surface area contributed by atoms with E-state index < -0.39 is 10.0 Å². The molecule has 1 rings (SSSR count). The average Bonchev–Trinajstić information content (AvgIpc) is 2.85. The minimum atomic E-state index is -3.35. The molecule has 1 amide bonds. The summed E-state index contributed by atoms with van der Waals surface area (Å²) in [5, 5.41) is -0.319. The normalized spacial score (nSPS) is 19.0. The quantitative estimate of drug-likeness (QED) is 0.751. The average molecular weight is 219 g/mol. The Bertz CT molecular complexity index is 306. The molecular formula is C9H17NO3S. The zero-order chi connectivity index (χ0) is 10.8. The Morgan fingerprint density at radius 3 is 2.50 bits per heavy atom. The summed E-state index contributed by atoms with van der Waals surface area (Å²) in [6.45, 7) is 3.72. The molecule has 0 aliphatic heterocycles. The fraction of sp³-hybridized carbons (Fsp3) is 0.889. The molecule has 0 aromatic carbocycles. The van der Waals surface area contributed by atoms with E-state index in [9.17, 15) is 13.2 Å². The van der Waals surface area contributed by atoms with Crippen LogP contribution in [0.3, 0.4) is 0 Å². The Morgan fingerprint density at radius 1 is 1.50 bits per heavy atom. The molecule has 0 bridgehead atoms. The SMILES string of the molecule is CCC[C@@H](C)C(=O)NS(=O)(=O)C1CC1. The van der Waals surface area contributed by atoms with Gasteiger partial charge in [0.2, 0.25) is 15.9 Å². The molecule has 14 heavy (non-hydrogen) atoms. The number of rotatable bonds is 5. The number of nitrogens with one attached hydrogen (secondary N) is 1. The van der Waals surface area contributed by atoms with Gasteiger partial charge in [-0.05, 0) is 19.3 Å². The van der Waals surface area contributed by atoms with E-state index in [0.29, 0.717) is 12.8 Å². The lowest BCUT2D eigenvalue weighted by molar-refractivity contribution is -0.122. The molecule has 5 heteroatoms. The van der Waals surface area contributed by atoms with E-state index >= 15 is 0 Å². The molecule has 1 aliphatic rings. The molecule has 0 saturated heterocycles. The largest absolute Gasteiger partial charge is 0.274 e. The second-order valence-electron chi connectivity index (χ2n) is 3.90. The van der Waals surface area contributed by atoms with Crippen LogP contribution in [0.15, 0.2) is 0 Å². The first-order valence-electron chi connectivity index (χ1n) is 5.03. The standard InChI is InChI=1S/C9H17NO3S/c1-3-4-7(2)9(11)10-14(12,13)8-5-6-8/h7-8H,3-6H2,1-2H3,(H,10,11)/t7-/m1/s1. The number of hydrogen-bond donors (Lipinski definition) is 1. The molecule has 0 radical (unpaired) electrons. The van der Waals surface area contributed by atoms with Crippen LogP contribution in [0.4, 0.5) is 0 Å². The maximum atomic E-state index is 11.4. The Kier molecular flexibility index (Phi) is 3.53. The lowest BCUT2D eigenvalue weighted by Crippen LogP contribution is -2.36. The highest BCUT2D eigenvalue weighted by Crippen LogP contribution is 2.27. The number of hydrogen-bond acceptors (Lipinski definition) is 3. The number of sulfonamides is 1. The van der Waals surface area contributed by atoms with Gasteiger partial charge in [-0.3, -0.25) is 9.52 Å². The van der Waals surface area contributed by atoms with Crippen LogP contribution in [0.25, 0.3) is 0 Å². The fourth-order valence-corrected chi connectivity index (χ4v) is 2.67. The molecule has 1 N–H and O–H groups in total. The monoisotopic (exact) mass is 219 g/mol. The molecular weight excluding hydrogens is 202 g/mol. The summed E-state index contributed by atoms with van der Waals surface area (Å²) in [5.74, 6) is -0.577. The van der Waals surface area contributed by atoms with Crippen molar-refractivity contribution in [2.24, 2.45) is 5.92 Å². The van der Waals surface area contributed by atoms with E-state index in [1.807, 2.05) is 6.92 Å². The van der Waals surface area contributed by atoms with Gasteiger partial charge in [-0.15, -0.1) is 0 Å². The Hall–Kier alpha value is -0.580. The first kappa shape index (κ1) is 11.5. The van der Waals surface area contributed by atoms with Crippen LogP contribution in [0.1, 0.15) is 39.5 Å². The van der Waals surface area contributed by atoms with Crippen molar-refractivity contribution in [1.82, 2.24) is 4.72 Å². The number of amides is 1. The van der Waals surface area contributed by atoms with Crippen LogP contribution in [-0.4, -0.2) is 19.6 Å². The first-order valence-corrected chi connectivity index (χ1v) is 6.57. The molecule has 0 aromatic rings. The first-order chi connectivity index (χ1) is 6.47. The van der Waals surface area contributed by atoms with Gasteiger partial charge in [0, 0.05) is 5.92 Å². The second kappa shape index (κ2) is 4.29. The zero-order valence-corrected chi connectivity index (χ0v) is 9.43. The molecule has 0 spiro atoms. The fourth-order valence-electron chi connectivity index (χ4n) is 1.27. The lowest BCUT2D eigenvalue weighted by Gasteiger charge is -2.10. The van der Waals surface area contributed by atoms with Gasteiger partial charge in [0.1, 0.15) is 0 Å². The summed E-state index contributed by atoms with van der Waals surface area (Å²) < 4.78 is 24.9. The maximum Gasteiger partial charge on any atom is 0.237 e. The van der Waals surface area contributed by atoms with Gasteiger partial charge in [0.15, 0.2) is 0 Å². The highest BCUT2D eigenvalue weighted by atomic mass is 32.2. The van der Waals surface area contributed by atoms with Gasteiger partial charge >= 0.3 is 0 Å². The van der Waals surface area contributed by atoms with Crippen molar-refractivity contribution in [3.63, 3.8) is 0 Å². The van der Waals surface area contributed by atoms with Gasteiger partial charge in [0.25, 0.3) is 0 Å². The zero-order valence-electron chi connectivity index (χ0n) is 8.62. The molecule has 82 valence electrons. The van der Waals surface area contributed by atoms with E-state index in [1.165, 1.54) is 0 Å². The molecule has 4 nitrogen and oxygen atoms in total. The van der Waals surface area contributed by atoms with E-state index in [2.05, 4.69) is 4.72 Å². The smallest absolute Gasteiger partial charge is 0.237 e. The van der Waals surface area contributed by atoms with E-state index in [1.54, 1.807) is 6.92 Å². The third kappa shape index (κ3) is 2.97. The molecule has 0 unspecified atom stereocenters. The minimum Gasteiger partial charge on any atom is -0.274 e. The van der Waals surface area contributed by atoms with E-state index in [4.69, 9.17) is 0 Å². The third-order valence-corrected chi connectivity index (χ3v) is 4.21. The van der Waals surface area contributed by atoms with Gasteiger partial charge in [-0.2, -0.15) is 0 Å². The summed E-state index contributed by atoms with van der Waals surface area (Å²) in [6.07, 6.45) is 2.99. The Morgan fingerprint density at radius 2 is 2.07 bits per heavy atom. The lowest BCUT2D eigenvalue weighted by atomic mass is 10.1. The van der Waals surface area contributed by atoms with Gasteiger partial charge in [0.05, 0.1) is 5.25 Å². The van der Waals surface area contributed by atoms with Crippen molar-refractivity contribution in [2.45, 2.75) is 44.8 Å². The van der Waals surface area contributed by atoms with E-state index in [0.717, 1.165) is 12.8 Å². The van der Waals surface area contributed by atoms with Gasteiger partial charge in [-0.1, -0.05) is 20.3 Å². The van der Waals surface area contributed by atoms with Crippen molar-refractivity contribution in [3.05, 3.63) is 0 Å². The van der Waals surface area contributed by atoms with Crippen molar-refractivity contribution in [1.29, 1.82) is 0 Å². The van der Waals surface area contributed by atoms with Crippen molar-refractivity contribution in [3.8, 4) is 0 Å². The number of carbonyl (C=O) groups is 1. The highest BCUT2D eigenvalue weighted by Gasteiger charge is 2.37. The Balaban J connectivity index is 2.47. The van der Waals surface area contributed by atoms with Crippen molar-refractivity contribution in [2.75, 3.05) is 0 Å². The van der Waals surface area contributed by atoms with Crippen molar-refractivity contribution < 1.29 is 13.2 Å². The van der Waals surface area contributed by atoms with Crippen LogP contribution in [0.2, 0.25) is 0 Å². The summed E-state index contributed by atoms with van der Waals surface area (Å²) in [7, 11) is -3.35. The summed E-state index contributed by atoms with van der Waals surface area (Å²) in [6, 6.07) is 0. The van der Waals surface area contributed by atoms with E-state index in [-0.39, 0.29) is 17.1 Å². The summed E-state index contributed by atoms with van der Waals surface area (Å²) >= 11 is 0. The highest BCUT2D eigenvalue weighted by molar-refractivity contribution is 7.90. The molecule has 0 aromatic heterocycles. The van der Waals surface area contributed by atoms with Crippen LogP contribution >= 0.6 is 0 Å². The van der Waals surface area contributed by atoms with Crippen LogP contribution < -0.4 is 4.72 Å². The minimum absolute atomic E-state index is 0.214.